The van der Waals surface area contributed by atoms with Crippen LogP contribution in [-0.4, -0.2) is 0 Å². The smallest absolute Gasteiger partial charge is 0.166 e. The Morgan fingerprint density at radius 1 is 0.730 bits per heavy atom. The van der Waals surface area contributed by atoms with Crippen molar-refractivity contribution >= 4 is 0 Å². The molecule has 0 nitrogen and oxygen atoms in total. The summed E-state index contributed by atoms with van der Waals surface area (Å²) >= 11 is 0. The van der Waals surface area contributed by atoms with E-state index in [1.165, 1.54) is 19.3 Å². The summed E-state index contributed by atoms with van der Waals surface area (Å²) in [6, 6.07) is 13.0. The van der Waals surface area contributed by atoms with Crippen molar-refractivity contribution in [1.29, 1.82) is 0 Å². The van der Waals surface area contributed by atoms with Gasteiger partial charge in [0.2, 0.25) is 0 Å². The van der Waals surface area contributed by atoms with E-state index >= 15 is 8.78 Å². The molecule has 1 aliphatic carbocycles. The highest BCUT2D eigenvalue weighted by molar-refractivity contribution is 5.71. The molecule has 0 heterocycles. The standard InChI is InChI=1S/C33H36F4/c1-3-5-7-9-26-18-19-27(31(35)30(26)34)24-14-16-25(17-15-24)29-21-20-28(32(36)33(29)37)23-12-10-22(11-13-23)8-6-4-2/h3,5,14-23H,4,6-13H2,1-2H3. The van der Waals surface area contributed by atoms with Gasteiger partial charge in [0.1, 0.15) is 0 Å². The van der Waals surface area contributed by atoms with Crippen LogP contribution in [0.1, 0.15) is 82.3 Å². The third-order valence-electron chi connectivity index (χ3n) is 7.85. The molecule has 0 radical (unpaired) electrons. The van der Waals surface area contributed by atoms with Crippen LogP contribution in [0.15, 0.2) is 60.7 Å². The third kappa shape index (κ3) is 6.17. The largest absolute Gasteiger partial charge is 0.203 e. The van der Waals surface area contributed by atoms with Crippen LogP contribution in [0.3, 0.4) is 0 Å². The first-order valence-electron chi connectivity index (χ1n) is 13.6. The molecule has 1 fully saturated rings. The first-order chi connectivity index (χ1) is 17.9. The molecule has 37 heavy (non-hydrogen) atoms. The molecule has 196 valence electrons. The first kappa shape index (κ1) is 27.2. The average molecular weight is 509 g/mol. The van der Waals surface area contributed by atoms with Gasteiger partial charge in [-0.05, 0) is 79.5 Å². The van der Waals surface area contributed by atoms with E-state index in [0.717, 1.165) is 25.7 Å². The van der Waals surface area contributed by atoms with Gasteiger partial charge in [-0.15, -0.1) is 0 Å². The lowest BCUT2D eigenvalue weighted by molar-refractivity contribution is 0.299. The number of allylic oxidation sites excluding steroid dienone is 2. The fraction of sp³-hybridized carbons (Fsp3) is 0.394. The second kappa shape index (κ2) is 12.6. The SMILES string of the molecule is CC=CCCc1ccc(-c2ccc(-c3ccc(C4CCC(CCCC)CC4)c(F)c3F)cc2)c(F)c1F. The van der Waals surface area contributed by atoms with Crippen LogP contribution in [0.2, 0.25) is 0 Å². The van der Waals surface area contributed by atoms with Crippen LogP contribution in [0.25, 0.3) is 22.3 Å². The van der Waals surface area contributed by atoms with E-state index < -0.39 is 23.3 Å². The van der Waals surface area contributed by atoms with Gasteiger partial charge in [-0.2, -0.15) is 0 Å². The molecule has 0 aliphatic heterocycles. The van der Waals surface area contributed by atoms with Crippen molar-refractivity contribution in [3.05, 3.63) is 95.1 Å². The van der Waals surface area contributed by atoms with Crippen LogP contribution in [0, 0.1) is 29.2 Å². The van der Waals surface area contributed by atoms with Gasteiger partial charge < -0.3 is 0 Å². The molecule has 0 saturated heterocycles. The molecule has 4 heteroatoms. The number of halogens is 4. The first-order valence-corrected chi connectivity index (χ1v) is 13.6. The zero-order valence-corrected chi connectivity index (χ0v) is 21.8. The normalized spacial score (nSPS) is 18.0. The van der Waals surface area contributed by atoms with Gasteiger partial charge in [0, 0.05) is 11.1 Å². The topological polar surface area (TPSA) is 0 Å². The highest BCUT2D eigenvalue weighted by Gasteiger charge is 2.26. The Hall–Kier alpha value is -2.88. The number of rotatable bonds is 9. The summed E-state index contributed by atoms with van der Waals surface area (Å²) in [7, 11) is 0. The van der Waals surface area contributed by atoms with Crippen molar-refractivity contribution in [3.8, 4) is 22.3 Å². The van der Waals surface area contributed by atoms with Crippen LogP contribution < -0.4 is 0 Å². The van der Waals surface area contributed by atoms with E-state index in [2.05, 4.69) is 6.92 Å². The van der Waals surface area contributed by atoms with Crippen LogP contribution in [0.4, 0.5) is 17.6 Å². The van der Waals surface area contributed by atoms with Crippen LogP contribution >= 0.6 is 0 Å². The second-order valence-corrected chi connectivity index (χ2v) is 10.3. The minimum absolute atomic E-state index is 0.0580. The van der Waals surface area contributed by atoms with E-state index in [9.17, 15) is 8.78 Å². The Balaban J connectivity index is 1.50. The Labute approximate surface area is 218 Å². The summed E-state index contributed by atoms with van der Waals surface area (Å²) in [6.07, 6.45) is 12.5. The van der Waals surface area contributed by atoms with E-state index in [4.69, 9.17) is 0 Å². The molecule has 0 spiro atoms. The molecule has 1 saturated carbocycles. The van der Waals surface area contributed by atoms with E-state index in [-0.39, 0.29) is 17.0 Å². The Bertz CT molecular complexity index is 1220. The highest BCUT2D eigenvalue weighted by atomic mass is 19.2. The lowest BCUT2D eigenvalue weighted by Gasteiger charge is -2.29. The summed E-state index contributed by atoms with van der Waals surface area (Å²) in [5.74, 6) is -2.58. The molecular weight excluding hydrogens is 472 g/mol. The maximum absolute atomic E-state index is 15.2. The quantitative estimate of drug-likeness (QED) is 0.199. The van der Waals surface area contributed by atoms with E-state index in [0.29, 0.717) is 41.0 Å². The summed E-state index contributed by atoms with van der Waals surface area (Å²) in [6.45, 7) is 4.08. The second-order valence-electron chi connectivity index (χ2n) is 10.3. The summed E-state index contributed by atoms with van der Waals surface area (Å²) < 4.78 is 59.7. The van der Waals surface area contributed by atoms with E-state index in [1.807, 2.05) is 19.1 Å². The van der Waals surface area contributed by atoms with Crippen molar-refractivity contribution in [1.82, 2.24) is 0 Å². The number of hydrogen-bond donors (Lipinski definition) is 0. The van der Waals surface area contributed by atoms with Gasteiger partial charge >= 0.3 is 0 Å². The molecule has 0 N–H and O–H groups in total. The Kier molecular flexibility index (Phi) is 9.23. The summed E-state index contributed by atoms with van der Waals surface area (Å²) in [5, 5.41) is 0. The minimum atomic E-state index is -0.892. The monoisotopic (exact) mass is 508 g/mol. The van der Waals surface area contributed by atoms with Gasteiger partial charge in [0.25, 0.3) is 0 Å². The highest BCUT2D eigenvalue weighted by Crippen LogP contribution is 2.40. The number of aryl methyl sites for hydroxylation is 1. The van der Waals surface area contributed by atoms with Crippen LogP contribution in [0.5, 0.6) is 0 Å². The van der Waals surface area contributed by atoms with Crippen molar-refractivity contribution in [2.45, 2.75) is 77.6 Å². The summed E-state index contributed by atoms with van der Waals surface area (Å²) in [5.41, 5.74) is 2.11. The van der Waals surface area contributed by atoms with Crippen LogP contribution in [-0.2, 0) is 6.42 Å². The zero-order chi connectivity index (χ0) is 26.4. The van der Waals surface area contributed by atoms with Gasteiger partial charge in [0.15, 0.2) is 23.3 Å². The fourth-order valence-corrected chi connectivity index (χ4v) is 5.60. The Morgan fingerprint density at radius 3 is 1.92 bits per heavy atom. The van der Waals surface area contributed by atoms with Crippen molar-refractivity contribution in [2.24, 2.45) is 5.92 Å². The lowest BCUT2D eigenvalue weighted by atomic mass is 9.76. The van der Waals surface area contributed by atoms with Crippen molar-refractivity contribution < 1.29 is 17.6 Å². The number of unbranched alkanes of at least 4 members (excludes halogenated alkanes) is 1. The molecule has 4 rings (SSSR count). The summed E-state index contributed by atoms with van der Waals surface area (Å²) in [4.78, 5) is 0. The zero-order valence-electron chi connectivity index (χ0n) is 21.8. The molecule has 0 aromatic heterocycles. The number of benzene rings is 3. The maximum atomic E-state index is 15.2. The number of hydrogen-bond acceptors (Lipinski definition) is 0. The van der Waals surface area contributed by atoms with Crippen molar-refractivity contribution in [2.75, 3.05) is 0 Å². The third-order valence-corrected chi connectivity index (χ3v) is 7.85. The fourth-order valence-electron chi connectivity index (χ4n) is 5.60. The maximum Gasteiger partial charge on any atom is 0.166 e. The minimum Gasteiger partial charge on any atom is -0.203 e. The molecule has 0 amide bonds. The van der Waals surface area contributed by atoms with Crippen molar-refractivity contribution in [3.63, 3.8) is 0 Å². The molecule has 0 atom stereocenters. The lowest BCUT2D eigenvalue weighted by Crippen LogP contribution is -2.15. The predicted molar refractivity (Wildman–Crippen MR) is 145 cm³/mol. The molecule has 0 bridgehead atoms. The Morgan fingerprint density at radius 2 is 1.32 bits per heavy atom. The molecule has 1 aliphatic rings. The van der Waals surface area contributed by atoms with Gasteiger partial charge in [-0.25, -0.2) is 17.6 Å². The molecule has 0 unspecified atom stereocenters. The molecular formula is C33H36F4. The molecule has 3 aromatic carbocycles. The average Bonchev–Trinajstić information content (AvgIpc) is 2.92. The van der Waals surface area contributed by atoms with Gasteiger partial charge in [0.05, 0.1) is 0 Å². The molecule has 3 aromatic rings. The van der Waals surface area contributed by atoms with Gasteiger partial charge in [-0.1, -0.05) is 86.9 Å². The van der Waals surface area contributed by atoms with E-state index in [1.54, 1.807) is 48.5 Å². The van der Waals surface area contributed by atoms with Gasteiger partial charge in [-0.3, -0.25) is 0 Å². The predicted octanol–water partition coefficient (Wildman–Crippen LogP) is 10.5.